The maximum atomic E-state index is 12.1. The molecular formula is C12H17NO4S. The zero-order chi connectivity index (χ0) is 14.0. The predicted molar refractivity (Wildman–Crippen MR) is 66.3 cm³/mol. The normalized spacial score (nSPS) is 27.8. The summed E-state index contributed by atoms with van der Waals surface area (Å²) in [5.74, 6) is -1.18. The number of rotatable bonds is 4. The lowest BCUT2D eigenvalue weighted by Crippen LogP contribution is -2.37. The van der Waals surface area contributed by atoms with Crippen LogP contribution in [0.15, 0.2) is 12.2 Å². The second-order valence-corrected chi connectivity index (χ2v) is 6.81. The number of carbonyl (C=O) groups is 1. The average molecular weight is 271 g/mol. The average Bonchev–Trinajstić information content (AvgIpc) is 2.68. The van der Waals surface area contributed by atoms with E-state index < -0.39 is 26.5 Å². The Morgan fingerprint density at radius 3 is 2.67 bits per heavy atom. The first-order valence-corrected chi connectivity index (χ1v) is 7.48. The van der Waals surface area contributed by atoms with Crippen LogP contribution in [-0.4, -0.2) is 31.5 Å². The zero-order valence-corrected chi connectivity index (χ0v) is 11.4. The van der Waals surface area contributed by atoms with Crippen LogP contribution in [0.5, 0.6) is 0 Å². The van der Waals surface area contributed by atoms with Crippen molar-refractivity contribution in [3.63, 3.8) is 0 Å². The van der Waals surface area contributed by atoms with Gasteiger partial charge in [-0.3, -0.25) is 4.79 Å². The molecule has 1 saturated carbocycles. The van der Waals surface area contributed by atoms with E-state index in [4.69, 9.17) is 4.74 Å². The highest BCUT2D eigenvalue weighted by Crippen LogP contribution is 2.44. The van der Waals surface area contributed by atoms with Gasteiger partial charge >= 0.3 is 5.97 Å². The highest BCUT2D eigenvalue weighted by Gasteiger charge is 2.54. The Morgan fingerprint density at radius 2 is 2.22 bits per heavy atom. The molecule has 6 heteroatoms. The van der Waals surface area contributed by atoms with Crippen LogP contribution in [0.25, 0.3) is 0 Å². The monoisotopic (exact) mass is 271 g/mol. The molecule has 0 heterocycles. The Morgan fingerprint density at radius 1 is 1.61 bits per heavy atom. The van der Waals surface area contributed by atoms with Gasteiger partial charge in [-0.1, -0.05) is 13.5 Å². The summed E-state index contributed by atoms with van der Waals surface area (Å²) in [6.07, 6.45) is 0.156. The smallest absolute Gasteiger partial charge is 0.309 e. The minimum Gasteiger partial charge on any atom is -0.466 e. The van der Waals surface area contributed by atoms with E-state index in [1.165, 1.54) is 6.92 Å². The number of nitrogens with zero attached hydrogens (tertiary/aromatic N) is 1. The zero-order valence-electron chi connectivity index (χ0n) is 10.6. The second kappa shape index (κ2) is 5.11. The van der Waals surface area contributed by atoms with Crippen LogP contribution in [0.1, 0.15) is 26.7 Å². The lowest BCUT2D eigenvalue weighted by atomic mass is 10.0. The van der Waals surface area contributed by atoms with Gasteiger partial charge in [0.25, 0.3) is 0 Å². The van der Waals surface area contributed by atoms with Crippen LogP contribution in [0.2, 0.25) is 0 Å². The van der Waals surface area contributed by atoms with Gasteiger partial charge in [-0.05, 0) is 25.3 Å². The van der Waals surface area contributed by atoms with Crippen molar-refractivity contribution in [2.45, 2.75) is 31.4 Å². The molecule has 5 nitrogen and oxygen atoms in total. The molecule has 1 fully saturated rings. The van der Waals surface area contributed by atoms with Crippen molar-refractivity contribution >= 4 is 15.8 Å². The van der Waals surface area contributed by atoms with Crippen molar-refractivity contribution in [1.82, 2.24) is 0 Å². The molecule has 0 spiro atoms. The summed E-state index contributed by atoms with van der Waals surface area (Å²) in [7, 11) is -3.61. The van der Waals surface area contributed by atoms with E-state index in [0.717, 1.165) is 0 Å². The first-order valence-electron chi connectivity index (χ1n) is 5.83. The molecule has 0 amide bonds. The van der Waals surface area contributed by atoms with Crippen molar-refractivity contribution in [1.29, 1.82) is 5.26 Å². The standard InChI is InChI=1S/C12H17NO4S/c1-4-17-11(14)10-6-9(3)12(7-10,8-13)18(15,16)5-2/h10H,3-7H2,1-2H3. The summed E-state index contributed by atoms with van der Waals surface area (Å²) >= 11 is 0. The van der Waals surface area contributed by atoms with E-state index in [9.17, 15) is 18.5 Å². The van der Waals surface area contributed by atoms with Gasteiger partial charge in [-0.2, -0.15) is 5.26 Å². The van der Waals surface area contributed by atoms with Gasteiger partial charge in [-0.15, -0.1) is 0 Å². The minimum atomic E-state index is -3.61. The Balaban J connectivity index is 3.10. The lowest BCUT2D eigenvalue weighted by molar-refractivity contribution is -0.147. The summed E-state index contributed by atoms with van der Waals surface area (Å²) < 4.78 is 27.4. The Labute approximate surface area is 107 Å². The molecule has 0 aromatic heterocycles. The molecule has 1 aliphatic carbocycles. The molecule has 1 rings (SSSR count). The number of carbonyl (C=O) groups excluding carboxylic acids is 1. The lowest BCUT2D eigenvalue weighted by Gasteiger charge is -2.21. The van der Waals surface area contributed by atoms with Gasteiger partial charge in [0.15, 0.2) is 14.6 Å². The van der Waals surface area contributed by atoms with Crippen LogP contribution < -0.4 is 0 Å². The Kier molecular flexibility index (Phi) is 4.17. The molecule has 0 aromatic rings. The van der Waals surface area contributed by atoms with Gasteiger partial charge < -0.3 is 4.74 Å². The molecule has 100 valence electrons. The third kappa shape index (κ3) is 2.15. The number of ether oxygens (including phenoxy) is 1. The summed E-state index contributed by atoms with van der Waals surface area (Å²) in [5.41, 5.74) is 0.296. The van der Waals surface area contributed by atoms with E-state index in [-0.39, 0.29) is 25.2 Å². The highest BCUT2D eigenvalue weighted by atomic mass is 32.2. The maximum absolute atomic E-state index is 12.1. The minimum absolute atomic E-state index is 0.0443. The summed E-state index contributed by atoms with van der Waals surface area (Å²) in [6.45, 7) is 7.08. The molecule has 0 bridgehead atoms. The van der Waals surface area contributed by atoms with E-state index in [0.29, 0.717) is 5.57 Å². The van der Waals surface area contributed by atoms with Crippen LogP contribution >= 0.6 is 0 Å². The summed E-state index contributed by atoms with van der Waals surface area (Å²) in [4.78, 5) is 11.6. The van der Waals surface area contributed by atoms with E-state index in [1.54, 1.807) is 6.92 Å². The quantitative estimate of drug-likeness (QED) is 0.567. The van der Waals surface area contributed by atoms with Crippen LogP contribution in [0, 0.1) is 17.2 Å². The topological polar surface area (TPSA) is 84.2 Å². The van der Waals surface area contributed by atoms with Crippen molar-refractivity contribution in [3.8, 4) is 6.07 Å². The Bertz CT molecular complexity index is 503. The van der Waals surface area contributed by atoms with E-state index >= 15 is 0 Å². The molecule has 2 unspecified atom stereocenters. The third-order valence-electron chi connectivity index (χ3n) is 3.31. The SMILES string of the molecule is C=C1CC(C(=O)OCC)CC1(C#N)S(=O)(=O)CC. The maximum Gasteiger partial charge on any atom is 0.309 e. The van der Waals surface area contributed by atoms with Gasteiger partial charge in [0.05, 0.1) is 18.6 Å². The molecule has 1 aliphatic rings. The number of hydrogen-bond donors (Lipinski definition) is 0. The highest BCUT2D eigenvalue weighted by molar-refractivity contribution is 7.93. The van der Waals surface area contributed by atoms with Crippen molar-refractivity contribution < 1.29 is 17.9 Å². The predicted octanol–water partition coefficient (Wildman–Crippen LogP) is 1.21. The first-order chi connectivity index (χ1) is 8.34. The molecule has 0 saturated heterocycles. The fraction of sp³-hybridized carbons (Fsp3) is 0.667. The largest absolute Gasteiger partial charge is 0.466 e. The van der Waals surface area contributed by atoms with Gasteiger partial charge in [0.1, 0.15) is 0 Å². The van der Waals surface area contributed by atoms with Crippen LogP contribution in [-0.2, 0) is 19.4 Å². The molecule has 0 radical (unpaired) electrons. The fourth-order valence-electron chi connectivity index (χ4n) is 2.24. The third-order valence-corrected chi connectivity index (χ3v) is 5.68. The molecule has 0 aromatic carbocycles. The summed E-state index contributed by atoms with van der Waals surface area (Å²) in [6, 6.07) is 1.85. The van der Waals surface area contributed by atoms with E-state index in [1.807, 2.05) is 6.07 Å². The van der Waals surface area contributed by atoms with E-state index in [2.05, 4.69) is 6.58 Å². The van der Waals surface area contributed by atoms with Crippen LogP contribution in [0.3, 0.4) is 0 Å². The van der Waals surface area contributed by atoms with Crippen molar-refractivity contribution in [3.05, 3.63) is 12.2 Å². The van der Waals surface area contributed by atoms with Gasteiger partial charge in [0, 0.05) is 5.75 Å². The van der Waals surface area contributed by atoms with Gasteiger partial charge in [0.2, 0.25) is 0 Å². The number of hydrogen-bond acceptors (Lipinski definition) is 5. The number of sulfone groups is 1. The van der Waals surface area contributed by atoms with Crippen LogP contribution in [0.4, 0.5) is 0 Å². The molecule has 18 heavy (non-hydrogen) atoms. The molecule has 0 N–H and O–H groups in total. The molecule has 2 atom stereocenters. The summed E-state index contributed by atoms with van der Waals surface area (Å²) in [5, 5.41) is 9.24. The molecule has 0 aliphatic heterocycles. The second-order valence-electron chi connectivity index (χ2n) is 4.30. The number of nitriles is 1. The first kappa shape index (κ1) is 14.7. The van der Waals surface area contributed by atoms with Crippen molar-refractivity contribution in [2.24, 2.45) is 5.92 Å². The molecular weight excluding hydrogens is 254 g/mol. The fourth-order valence-corrected chi connectivity index (χ4v) is 3.85. The van der Waals surface area contributed by atoms with Gasteiger partial charge in [-0.25, -0.2) is 8.42 Å². The van der Waals surface area contributed by atoms with Crippen molar-refractivity contribution in [2.75, 3.05) is 12.4 Å². The Hall–Kier alpha value is -1.35. The number of esters is 1.